The number of anilines is 2. The van der Waals surface area contributed by atoms with Crippen LogP contribution in [-0.4, -0.2) is 58.9 Å². The SMILES string of the molecule is COCCn1nnc(-c2cccc(Nc3ccc(C(=O)NC4=NCCCN4)cc3C(C)C)c2)n1. The number of hydrogen-bond acceptors (Lipinski definition) is 8. The standard InChI is InChI=1S/C24H30N8O2/c1-16(2)20-15-18(23(33)28-24-25-10-5-11-26-24)8-9-21(20)27-19-7-4-6-17(14-19)22-29-31-32(30-22)12-13-34-3/h4,6-9,14-16,27H,5,10-13H2,1-3H3,(H2,25,26,28,33). The van der Waals surface area contributed by atoms with E-state index in [0.29, 0.717) is 30.5 Å². The van der Waals surface area contributed by atoms with Crippen LogP contribution < -0.4 is 16.0 Å². The number of methoxy groups -OCH3 is 1. The summed E-state index contributed by atoms with van der Waals surface area (Å²) in [6.45, 7) is 6.82. The van der Waals surface area contributed by atoms with E-state index >= 15 is 0 Å². The minimum absolute atomic E-state index is 0.175. The maximum Gasteiger partial charge on any atom is 0.257 e. The summed E-state index contributed by atoms with van der Waals surface area (Å²) < 4.78 is 5.07. The zero-order valence-corrected chi connectivity index (χ0v) is 19.7. The largest absolute Gasteiger partial charge is 0.383 e. The summed E-state index contributed by atoms with van der Waals surface area (Å²) in [5, 5.41) is 22.1. The van der Waals surface area contributed by atoms with Gasteiger partial charge in [-0.3, -0.25) is 15.1 Å². The van der Waals surface area contributed by atoms with Crippen molar-refractivity contribution >= 4 is 23.2 Å². The number of aromatic nitrogens is 4. The average Bonchev–Trinajstić information content (AvgIpc) is 3.33. The number of nitrogens with zero attached hydrogens (tertiary/aromatic N) is 5. The minimum Gasteiger partial charge on any atom is -0.383 e. The lowest BCUT2D eigenvalue weighted by Crippen LogP contribution is -2.43. The molecular formula is C24H30N8O2. The van der Waals surface area contributed by atoms with Gasteiger partial charge in [0.1, 0.15) is 0 Å². The molecule has 3 aromatic rings. The van der Waals surface area contributed by atoms with Crippen molar-refractivity contribution < 1.29 is 9.53 Å². The number of carbonyl (C=O) groups excluding carboxylic acids is 1. The normalized spacial score (nSPS) is 13.4. The molecule has 0 saturated heterocycles. The summed E-state index contributed by atoms with van der Waals surface area (Å²) in [6, 6.07) is 13.5. The average molecular weight is 463 g/mol. The fourth-order valence-electron chi connectivity index (χ4n) is 3.61. The fraction of sp³-hybridized carbons (Fsp3) is 0.375. The highest BCUT2D eigenvalue weighted by Crippen LogP contribution is 2.29. The van der Waals surface area contributed by atoms with Gasteiger partial charge in [-0.25, -0.2) is 0 Å². The molecule has 2 aromatic carbocycles. The molecule has 3 N–H and O–H groups in total. The van der Waals surface area contributed by atoms with Gasteiger partial charge < -0.3 is 15.4 Å². The lowest BCUT2D eigenvalue weighted by molar-refractivity contribution is 0.0975. The lowest BCUT2D eigenvalue weighted by Gasteiger charge is -2.18. The van der Waals surface area contributed by atoms with Gasteiger partial charge in [-0.05, 0) is 53.4 Å². The summed E-state index contributed by atoms with van der Waals surface area (Å²) in [6.07, 6.45) is 0.973. The van der Waals surface area contributed by atoms with Crippen LogP contribution in [0.1, 0.15) is 42.1 Å². The van der Waals surface area contributed by atoms with Crippen molar-refractivity contribution in [3.8, 4) is 11.4 Å². The quantitative estimate of drug-likeness (QED) is 0.471. The summed E-state index contributed by atoms with van der Waals surface area (Å²) >= 11 is 0. The molecule has 34 heavy (non-hydrogen) atoms. The Balaban J connectivity index is 1.52. The number of ether oxygens (including phenoxy) is 1. The van der Waals surface area contributed by atoms with Crippen molar-refractivity contribution in [2.75, 3.05) is 32.1 Å². The topological polar surface area (TPSA) is 118 Å². The molecule has 1 aliphatic rings. The highest BCUT2D eigenvalue weighted by atomic mass is 16.5. The number of hydrogen-bond donors (Lipinski definition) is 3. The number of aliphatic imine (C=N–C) groups is 1. The van der Waals surface area contributed by atoms with Gasteiger partial charge in [-0.15, -0.1) is 10.2 Å². The summed E-state index contributed by atoms with van der Waals surface area (Å²) in [5.74, 6) is 1.13. The summed E-state index contributed by atoms with van der Waals surface area (Å²) in [5.41, 5.74) is 4.32. The number of tetrazole rings is 1. The van der Waals surface area contributed by atoms with Crippen LogP contribution in [-0.2, 0) is 11.3 Å². The Bertz CT molecular complexity index is 1170. The second kappa shape index (κ2) is 10.9. The van der Waals surface area contributed by atoms with E-state index in [-0.39, 0.29) is 11.8 Å². The maximum absolute atomic E-state index is 12.7. The number of carbonyl (C=O) groups is 1. The smallest absolute Gasteiger partial charge is 0.257 e. The van der Waals surface area contributed by atoms with Crippen molar-refractivity contribution in [1.29, 1.82) is 0 Å². The third kappa shape index (κ3) is 5.76. The molecule has 0 radical (unpaired) electrons. The molecule has 0 aliphatic carbocycles. The van der Waals surface area contributed by atoms with E-state index in [1.54, 1.807) is 7.11 Å². The molecule has 1 aromatic heterocycles. The van der Waals surface area contributed by atoms with Gasteiger partial charge in [0.05, 0.1) is 13.2 Å². The van der Waals surface area contributed by atoms with Gasteiger partial charge in [0.15, 0.2) is 5.96 Å². The second-order valence-electron chi connectivity index (χ2n) is 8.33. The maximum atomic E-state index is 12.7. The Labute approximate surface area is 198 Å². The fourth-order valence-corrected chi connectivity index (χ4v) is 3.61. The Morgan fingerprint density at radius 3 is 2.88 bits per heavy atom. The van der Waals surface area contributed by atoms with Gasteiger partial charge in [-0.1, -0.05) is 26.0 Å². The van der Waals surface area contributed by atoms with E-state index in [0.717, 1.165) is 42.0 Å². The van der Waals surface area contributed by atoms with Crippen molar-refractivity contribution in [3.05, 3.63) is 53.6 Å². The van der Waals surface area contributed by atoms with Crippen molar-refractivity contribution in [3.63, 3.8) is 0 Å². The number of nitrogens with one attached hydrogen (secondary N) is 3. The summed E-state index contributed by atoms with van der Waals surface area (Å²) in [7, 11) is 1.64. The number of amides is 1. The predicted molar refractivity (Wildman–Crippen MR) is 131 cm³/mol. The van der Waals surface area contributed by atoms with Crippen LogP contribution in [0.5, 0.6) is 0 Å². The van der Waals surface area contributed by atoms with E-state index in [9.17, 15) is 4.79 Å². The van der Waals surface area contributed by atoms with Gasteiger partial charge in [0.25, 0.3) is 5.91 Å². The predicted octanol–water partition coefficient (Wildman–Crippen LogP) is 2.93. The number of guanidine groups is 1. The molecule has 2 heterocycles. The van der Waals surface area contributed by atoms with Crippen LogP contribution in [0.2, 0.25) is 0 Å². The Kier molecular flexibility index (Phi) is 7.48. The van der Waals surface area contributed by atoms with Crippen molar-refractivity contribution in [2.24, 2.45) is 4.99 Å². The first kappa shape index (κ1) is 23.4. The summed E-state index contributed by atoms with van der Waals surface area (Å²) in [4.78, 5) is 18.6. The van der Waals surface area contributed by atoms with E-state index < -0.39 is 0 Å². The molecule has 0 atom stereocenters. The van der Waals surface area contributed by atoms with Crippen LogP contribution >= 0.6 is 0 Å². The Morgan fingerprint density at radius 2 is 2.12 bits per heavy atom. The molecule has 0 fully saturated rings. The Morgan fingerprint density at radius 1 is 1.24 bits per heavy atom. The van der Waals surface area contributed by atoms with Gasteiger partial charge >= 0.3 is 0 Å². The van der Waals surface area contributed by atoms with E-state index in [1.807, 2.05) is 42.5 Å². The van der Waals surface area contributed by atoms with Crippen LogP contribution in [0.3, 0.4) is 0 Å². The molecule has 10 nitrogen and oxygen atoms in total. The van der Waals surface area contributed by atoms with Crippen LogP contribution in [0.25, 0.3) is 11.4 Å². The van der Waals surface area contributed by atoms with Crippen molar-refractivity contribution in [2.45, 2.75) is 32.7 Å². The third-order valence-corrected chi connectivity index (χ3v) is 5.41. The monoisotopic (exact) mass is 462 g/mol. The van der Waals surface area contributed by atoms with Crippen LogP contribution in [0.15, 0.2) is 47.5 Å². The van der Waals surface area contributed by atoms with Crippen LogP contribution in [0, 0.1) is 0 Å². The third-order valence-electron chi connectivity index (χ3n) is 5.41. The molecule has 178 valence electrons. The zero-order chi connectivity index (χ0) is 23.9. The number of rotatable bonds is 8. The molecule has 1 aliphatic heterocycles. The lowest BCUT2D eigenvalue weighted by atomic mass is 9.98. The first-order valence-corrected chi connectivity index (χ1v) is 11.4. The molecule has 0 unspecified atom stereocenters. The molecule has 0 spiro atoms. The van der Waals surface area contributed by atoms with Crippen LogP contribution in [0.4, 0.5) is 11.4 Å². The first-order valence-electron chi connectivity index (χ1n) is 11.4. The van der Waals surface area contributed by atoms with Crippen molar-refractivity contribution in [1.82, 2.24) is 30.8 Å². The van der Waals surface area contributed by atoms with E-state index in [4.69, 9.17) is 4.74 Å². The van der Waals surface area contributed by atoms with Gasteiger partial charge in [0, 0.05) is 42.7 Å². The highest BCUT2D eigenvalue weighted by Gasteiger charge is 2.15. The van der Waals surface area contributed by atoms with E-state index in [2.05, 4.69) is 50.2 Å². The molecular weight excluding hydrogens is 432 g/mol. The minimum atomic E-state index is -0.175. The molecule has 4 rings (SSSR count). The molecule has 0 saturated carbocycles. The Hall–Kier alpha value is -3.79. The van der Waals surface area contributed by atoms with E-state index in [1.165, 1.54) is 4.80 Å². The number of benzene rings is 2. The molecule has 1 amide bonds. The van der Waals surface area contributed by atoms with Gasteiger partial charge in [0.2, 0.25) is 5.82 Å². The molecule has 10 heteroatoms. The zero-order valence-electron chi connectivity index (χ0n) is 19.7. The first-order chi connectivity index (χ1) is 16.5. The van der Waals surface area contributed by atoms with Gasteiger partial charge in [-0.2, -0.15) is 4.80 Å². The molecule has 0 bridgehead atoms. The highest BCUT2D eigenvalue weighted by molar-refractivity contribution is 6.06. The second-order valence-corrected chi connectivity index (χ2v) is 8.33.